The van der Waals surface area contributed by atoms with Crippen molar-refractivity contribution in [2.24, 2.45) is 0 Å². The summed E-state index contributed by atoms with van der Waals surface area (Å²) in [7, 11) is -2.93. The van der Waals surface area contributed by atoms with Crippen LogP contribution in [0, 0.1) is 0 Å². The molecule has 0 aliphatic rings. The molecule has 0 aliphatic heterocycles. The highest BCUT2D eigenvalue weighted by Crippen LogP contribution is 2.37. The molecule has 35 heavy (non-hydrogen) atoms. The highest BCUT2D eigenvalue weighted by Gasteiger charge is 2.52. The quantitative estimate of drug-likeness (QED) is 0.323. The van der Waals surface area contributed by atoms with Gasteiger partial charge in [0.2, 0.25) is 0 Å². The summed E-state index contributed by atoms with van der Waals surface area (Å²) in [6.45, 7) is 9.74. The third-order valence-corrected chi connectivity index (χ3v) is 11.1. The van der Waals surface area contributed by atoms with Crippen LogP contribution in [-0.2, 0) is 30.1 Å². The van der Waals surface area contributed by atoms with Gasteiger partial charge >= 0.3 is 11.9 Å². The molecule has 0 heterocycles. The van der Waals surface area contributed by atoms with Crippen molar-refractivity contribution in [2.75, 3.05) is 0 Å². The van der Waals surface area contributed by atoms with Gasteiger partial charge in [0.1, 0.15) is 12.7 Å². The monoisotopic (exact) mass is 490 g/mol. The molecule has 3 aromatic rings. The Hall–Kier alpha value is -3.22. The number of carbonyl (C=O) groups is 2. The van der Waals surface area contributed by atoms with Gasteiger partial charge in [-0.3, -0.25) is 0 Å². The first kappa shape index (κ1) is 26.4. The lowest BCUT2D eigenvalue weighted by Gasteiger charge is -2.44. The molecule has 0 radical (unpaired) electrons. The SMILES string of the molecule is C[C@@H](OC(=O)[C@@H](C)O[Si](c1ccccc1)(c1ccccc1)C(C)(C)C)C(=O)OCc1ccccc1. The fraction of sp³-hybridized carbons (Fsp3) is 0.310. The summed E-state index contributed by atoms with van der Waals surface area (Å²) in [4.78, 5) is 25.5. The topological polar surface area (TPSA) is 61.8 Å². The fourth-order valence-electron chi connectivity index (χ4n) is 4.17. The number of rotatable bonds is 9. The molecule has 0 saturated heterocycles. The van der Waals surface area contributed by atoms with Gasteiger partial charge in [-0.25, -0.2) is 9.59 Å². The number of benzene rings is 3. The minimum Gasteiger partial charge on any atom is -0.458 e. The first-order chi connectivity index (χ1) is 16.6. The molecule has 0 fully saturated rings. The van der Waals surface area contributed by atoms with Crippen LogP contribution in [0.3, 0.4) is 0 Å². The zero-order chi connectivity index (χ0) is 25.5. The molecule has 184 valence electrons. The Balaban J connectivity index is 1.79. The van der Waals surface area contributed by atoms with E-state index in [0.717, 1.165) is 15.9 Å². The molecule has 0 N–H and O–H groups in total. The van der Waals surface area contributed by atoms with Crippen LogP contribution in [0.5, 0.6) is 0 Å². The van der Waals surface area contributed by atoms with Gasteiger partial charge in [0.15, 0.2) is 6.10 Å². The van der Waals surface area contributed by atoms with Crippen molar-refractivity contribution in [3.05, 3.63) is 96.6 Å². The van der Waals surface area contributed by atoms with Crippen molar-refractivity contribution in [3.63, 3.8) is 0 Å². The summed E-state index contributed by atoms with van der Waals surface area (Å²) >= 11 is 0. The van der Waals surface area contributed by atoms with Crippen LogP contribution in [0.15, 0.2) is 91.0 Å². The van der Waals surface area contributed by atoms with E-state index in [2.05, 4.69) is 45.0 Å². The molecule has 0 aromatic heterocycles. The van der Waals surface area contributed by atoms with Gasteiger partial charge in [0, 0.05) is 0 Å². The molecule has 5 nitrogen and oxygen atoms in total. The maximum atomic E-state index is 13.1. The van der Waals surface area contributed by atoms with E-state index in [1.165, 1.54) is 6.92 Å². The number of carbonyl (C=O) groups excluding carboxylic acids is 2. The van der Waals surface area contributed by atoms with Crippen molar-refractivity contribution in [1.29, 1.82) is 0 Å². The average Bonchev–Trinajstić information content (AvgIpc) is 2.86. The highest BCUT2D eigenvalue weighted by molar-refractivity contribution is 6.99. The van der Waals surface area contributed by atoms with E-state index in [1.807, 2.05) is 66.7 Å². The molecule has 0 bridgehead atoms. The third-order valence-electron chi connectivity index (χ3n) is 5.95. The van der Waals surface area contributed by atoms with Crippen LogP contribution in [0.25, 0.3) is 0 Å². The number of hydrogen-bond donors (Lipinski definition) is 0. The molecule has 0 aliphatic carbocycles. The maximum absolute atomic E-state index is 13.1. The van der Waals surface area contributed by atoms with Gasteiger partial charge < -0.3 is 13.9 Å². The lowest BCUT2D eigenvalue weighted by atomic mass is 10.2. The van der Waals surface area contributed by atoms with Crippen LogP contribution in [0.1, 0.15) is 40.2 Å². The summed E-state index contributed by atoms with van der Waals surface area (Å²) in [5.41, 5.74) is 0.864. The number of ether oxygens (including phenoxy) is 2. The smallest absolute Gasteiger partial charge is 0.347 e. The molecule has 3 rings (SSSR count). The molecule has 6 heteroatoms. The van der Waals surface area contributed by atoms with Crippen LogP contribution < -0.4 is 10.4 Å². The first-order valence-corrected chi connectivity index (χ1v) is 13.8. The van der Waals surface area contributed by atoms with E-state index in [1.54, 1.807) is 6.92 Å². The van der Waals surface area contributed by atoms with Gasteiger partial charge in [0.05, 0.1) is 0 Å². The van der Waals surface area contributed by atoms with E-state index in [9.17, 15) is 9.59 Å². The van der Waals surface area contributed by atoms with E-state index in [4.69, 9.17) is 13.9 Å². The zero-order valence-corrected chi connectivity index (χ0v) is 22.1. The van der Waals surface area contributed by atoms with Crippen molar-refractivity contribution in [1.82, 2.24) is 0 Å². The third kappa shape index (κ3) is 6.27. The van der Waals surface area contributed by atoms with Gasteiger partial charge in [-0.2, -0.15) is 0 Å². The second kappa shape index (κ2) is 11.5. The molecule has 0 amide bonds. The Bertz CT molecular complexity index is 1050. The van der Waals surface area contributed by atoms with Crippen LogP contribution in [0.4, 0.5) is 0 Å². The van der Waals surface area contributed by atoms with Gasteiger partial charge in [-0.1, -0.05) is 112 Å². The highest BCUT2D eigenvalue weighted by atomic mass is 28.4. The van der Waals surface area contributed by atoms with Crippen LogP contribution in [-0.4, -0.2) is 32.5 Å². The molecular formula is C29H34O5Si. The Morgan fingerprint density at radius 3 is 1.63 bits per heavy atom. The predicted molar refractivity (Wildman–Crippen MR) is 140 cm³/mol. The number of esters is 2. The van der Waals surface area contributed by atoms with E-state index in [0.29, 0.717) is 0 Å². The summed E-state index contributed by atoms with van der Waals surface area (Å²) in [5, 5.41) is 1.84. The molecule has 2 atom stereocenters. The lowest BCUT2D eigenvalue weighted by Crippen LogP contribution is -2.68. The standard InChI is InChI=1S/C29H34O5Si/c1-22(27(30)32-21-24-15-9-6-10-16-24)33-28(31)23(2)34-35(29(3,4)5,25-17-11-7-12-18-25)26-19-13-8-14-20-26/h6-20,22-23H,21H2,1-5H3/t22-,23-/m1/s1. The molecular weight excluding hydrogens is 456 g/mol. The molecule has 0 spiro atoms. The summed E-state index contributed by atoms with van der Waals surface area (Å²) in [6, 6.07) is 29.5. The van der Waals surface area contributed by atoms with Crippen molar-refractivity contribution in [3.8, 4) is 0 Å². The summed E-state index contributed by atoms with van der Waals surface area (Å²) in [5.74, 6) is -1.19. The Labute approximate surface area is 209 Å². The zero-order valence-electron chi connectivity index (χ0n) is 21.1. The normalized spacial score (nSPS) is 13.5. The number of hydrogen-bond acceptors (Lipinski definition) is 5. The van der Waals surface area contributed by atoms with Crippen molar-refractivity contribution in [2.45, 2.75) is 58.5 Å². The Morgan fingerprint density at radius 2 is 1.17 bits per heavy atom. The lowest BCUT2D eigenvalue weighted by molar-refractivity contribution is -0.171. The van der Waals surface area contributed by atoms with Gasteiger partial charge in [-0.15, -0.1) is 0 Å². The summed E-state index contributed by atoms with van der Waals surface area (Å²) < 4.78 is 17.6. The Morgan fingerprint density at radius 1 is 0.714 bits per heavy atom. The largest absolute Gasteiger partial charge is 0.458 e. The van der Waals surface area contributed by atoms with Crippen molar-refractivity contribution < 1.29 is 23.5 Å². The molecule has 3 aromatic carbocycles. The van der Waals surface area contributed by atoms with Gasteiger partial charge in [0.25, 0.3) is 8.32 Å². The maximum Gasteiger partial charge on any atom is 0.347 e. The second-order valence-corrected chi connectivity index (χ2v) is 13.8. The van der Waals surface area contributed by atoms with Crippen LogP contribution >= 0.6 is 0 Å². The van der Waals surface area contributed by atoms with E-state index >= 15 is 0 Å². The Kier molecular flexibility index (Phi) is 8.65. The molecule has 0 saturated carbocycles. The van der Waals surface area contributed by atoms with E-state index < -0.39 is 32.5 Å². The second-order valence-electron chi connectivity index (χ2n) is 9.60. The minimum atomic E-state index is -2.93. The summed E-state index contributed by atoms with van der Waals surface area (Å²) in [6.07, 6.45) is -1.93. The van der Waals surface area contributed by atoms with Gasteiger partial charge in [-0.05, 0) is 34.8 Å². The molecule has 0 unspecified atom stereocenters. The first-order valence-electron chi connectivity index (χ1n) is 11.8. The average molecular weight is 491 g/mol. The van der Waals surface area contributed by atoms with Crippen LogP contribution in [0.2, 0.25) is 5.04 Å². The van der Waals surface area contributed by atoms with Crippen molar-refractivity contribution >= 4 is 30.6 Å². The van der Waals surface area contributed by atoms with E-state index in [-0.39, 0.29) is 11.6 Å². The predicted octanol–water partition coefficient (Wildman–Crippen LogP) is 4.63. The fourth-order valence-corrected chi connectivity index (χ4v) is 8.81. The minimum absolute atomic E-state index is 0.121.